The second-order valence-electron chi connectivity index (χ2n) is 7.60. The lowest BCUT2D eigenvalue weighted by molar-refractivity contribution is 0.0615. The number of rotatable bonds is 5. The first-order valence-electron chi connectivity index (χ1n) is 10.4. The molecule has 2 aromatic carbocycles. The normalized spacial score (nSPS) is 14.6. The van der Waals surface area contributed by atoms with Crippen molar-refractivity contribution in [1.82, 2.24) is 29.7 Å². The molecule has 1 fully saturated rings. The Morgan fingerprint density at radius 2 is 1.75 bits per heavy atom. The molecule has 1 aliphatic rings. The van der Waals surface area contributed by atoms with Crippen LogP contribution in [-0.4, -0.2) is 61.8 Å². The predicted octanol–water partition coefficient (Wildman–Crippen LogP) is 3.53. The fourth-order valence-electron chi connectivity index (χ4n) is 3.67. The van der Waals surface area contributed by atoms with Gasteiger partial charge in [0.15, 0.2) is 0 Å². The van der Waals surface area contributed by atoms with Crippen molar-refractivity contribution in [2.45, 2.75) is 6.54 Å². The van der Waals surface area contributed by atoms with Crippen LogP contribution in [0.4, 0.5) is 0 Å². The summed E-state index contributed by atoms with van der Waals surface area (Å²) in [6, 6.07) is 17.1. The number of hydrogen-bond acceptors (Lipinski definition) is 6. The van der Waals surface area contributed by atoms with Crippen LogP contribution in [-0.2, 0) is 6.54 Å². The number of carbonyl (C=O) groups is 1. The highest BCUT2D eigenvalue weighted by Crippen LogP contribution is 2.19. The Morgan fingerprint density at radius 1 is 1.00 bits per heavy atom. The summed E-state index contributed by atoms with van der Waals surface area (Å²) in [5.74, 6) is 1.09. The van der Waals surface area contributed by atoms with Crippen LogP contribution in [0.1, 0.15) is 16.2 Å². The molecule has 32 heavy (non-hydrogen) atoms. The van der Waals surface area contributed by atoms with Crippen molar-refractivity contribution >= 4 is 17.5 Å². The van der Waals surface area contributed by atoms with Crippen LogP contribution < -0.4 is 0 Å². The van der Waals surface area contributed by atoms with E-state index in [1.807, 2.05) is 47.4 Å². The van der Waals surface area contributed by atoms with E-state index < -0.39 is 0 Å². The third-order valence-corrected chi connectivity index (χ3v) is 5.69. The molecule has 0 bridgehead atoms. The maximum Gasteiger partial charge on any atom is 0.257 e. The average Bonchev–Trinajstić information content (AvgIpc) is 3.51. The third kappa shape index (κ3) is 4.42. The molecule has 0 atom stereocenters. The quantitative estimate of drug-likeness (QED) is 0.464. The van der Waals surface area contributed by atoms with Crippen LogP contribution in [0.15, 0.2) is 71.5 Å². The molecule has 0 N–H and O–H groups in total. The number of nitrogens with zero attached hydrogens (tertiary/aromatic N) is 6. The van der Waals surface area contributed by atoms with Crippen LogP contribution in [0.25, 0.3) is 17.1 Å². The lowest BCUT2D eigenvalue weighted by atomic mass is 10.2. The molecule has 4 aromatic rings. The molecule has 0 saturated carbocycles. The highest BCUT2D eigenvalue weighted by atomic mass is 35.5. The highest BCUT2D eigenvalue weighted by molar-refractivity contribution is 6.30. The van der Waals surface area contributed by atoms with Gasteiger partial charge in [-0.05, 0) is 36.4 Å². The molecular weight excluding hydrogens is 428 g/mol. The van der Waals surface area contributed by atoms with E-state index in [9.17, 15) is 4.79 Å². The van der Waals surface area contributed by atoms with Gasteiger partial charge in [0.1, 0.15) is 0 Å². The van der Waals surface area contributed by atoms with Crippen molar-refractivity contribution in [2.75, 3.05) is 26.2 Å². The Morgan fingerprint density at radius 3 is 2.50 bits per heavy atom. The molecule has 1 saturated heterocycles. The molecule has 8 nitrogen and oxygen atoms in total. The molecule has 1 amide bonds. The molecule has 162 valence electrons. The number of hydrogen-bond donors (Lipinski definition) is 0. The maximum atomic E-state index is 12.9. The molecule has 1 aliphatic heterocycles. The fraction of sp³-hybridized carbons (Fsp3) is 0.217. The van der Waals surface area contributed by atoms with Gasteiger partial charge < -0.3 is 9.42 Å². The molecule has 0 aliphatic carbocycles. The largest absolute Gasteiger partial charge is 0.338 e. The van der Waals surface area contributed by atoms with E-state index in [4.69, 9.17) is 16.1 Å². The van der Waals surface area contributed by atoms with Crippen LogP contribution in [0.3, 0.4) is 0 Å². The lowest BCUT2D eigenvalue weighted by Gasteiger charge is -2.33. The van der Waals surface area contributed by atoms with Crippen molar-refractivity contribution < 1.29 is 9.32 Å². The van der Waals surface area contributed by atoms with Gasteiger partial charge in [0, 0.05) is 43.0 Å². The highest BCUT2D eigenvalue weighted by Gasteiger charge is 2.24. The van der Waals surface area contributed by atoms with Crippen molar-refractivity contribution in [3.8, 4) is 17.1 Å². The molecule has 0 radical (unpaired) electrons. The monoisotopic (exact) mass is 448 g/mol. The van der Waals surface area contributed by atoms with Crippen molar-refractivity contribution in [3.05, 3.63) is 83.5 Å². The SMILES string of the molecule is O=C(c1cnn(-c2ccccc2)c1)N1CCN(Cc2nc(-c3ccc(Cl)cc3)no2)CC1. The van der Waals surface area contributed by atoms with E-state index in [1.165, 1.54) is 0 Å². The Balaban J connectivity index is 1.17. The number of amides is 1. The minimum absolute atomic E-state index is 0.00496. The van der Waals surface area contributed by atoms with E-state index in [0.717, 1.165) is 24.3 Å². The Hall–Kier alpha value is -3.49. The van der Waals surface area contributed by atoms with Crippen LogP contribution >= 0.6 is 11.6 Å². The summed E-state index contributed by atoms with van der Waals surface area (Å²) < 4.78 is 7.13. The summed E-state index contributed by atoms with van der Waals surface area (Å²) in [4.78, 5) is 21.4. The number of aromatic nitrogens is 4. The summed E-state index contributed by atoms with van der Waals surface area (Å²) in [5, 5.41) is 9.06. The number of benzene rings is 2. The van der Waals surface area contributed by atoms with E-state index >= 15 is 0 Å². The van der Waals surface area contributed by atoms with E-state index in [0.29, 0.717) is 41.9 Å². The first-order chi connectivity index (χ1) is 15.7. The van der Waals surface area contributed by atoms with Gasteiger partial charge in [-0.1, -0.05) is 35.0 Å². The zero-order chi connectivity index (χ0) is 21.9. The Bertz CT molecular complexity index is 1200. The van der Waals surface area contributed by atoms with E-state index in [-0.39, 0.29) is 5.91 Å². The summed E-state index contributed by atoms with van der Waals surface area (Å²) in [7, 11) is 0. The van der Waals surface area contributed by atoms with Gasteiger partial charge in [-0.15, -0.1) is 0 Å². The number of halogens is 1. The molecule has 0 spiro atoms. The topological polar surface area (TPSA) is 80.3 Å². The van der Waals surface area contributed by atoms with Crippen LogP contribution in [0, 0.1) is 0 Å². The molecule has 3 heterocycles. The number of piperazine rings is 1. The van der Waals surface area contributed by atoms with Gasteiger partial charge in [0.2, 0.25) is 11.7 Å². The van der Waals surface area contributed by atoms with Crippen LogP contribution in [0.2, 0.25) is 5.02 Å². The Kier molecular flexibility index (Phi) is 5.70. The second-order valence-corrected chi connectivity index (χ2v) is 8.03. The smallest absolute Gasteiger partial charge is 0.257 e. The van der Waals surface area contributed by atoms with Gasteiger partial charge >= 0.3 is 0 Å². The van der Waals surface area contributed by atoms with E-state index in [1.54, 1.807) is 29.2 Å². The van der Waals surface area contributed by atoms with Gasteiger partial charge in [-0.3, -0.25) is 9.69 Å². The molecule has 2 aromatic heterocycles. The minimum atomic E-state index is -0.00496. The van der Waals surface area contributed by atoms with Gasteiger partial charge in [-0.25, -0.2) is 4.68 Å². The van der Waals surface area contributed by atoms with E-state index in [2.05, 4.69) is 20.1 Å². The van der Waals surface area contributed by atoms with Gasteiger partial charge in [0.25, 0.3) is 5.91 Å². The van der Waals surface area contributed by atoms with Crippen molar-refractivity contribution in [3.63, 3.8) is 0 Å². The zero-order valence-electron chi connectivity index (χ0n) is 17.3. The first-order valence-corrected chi connectivity index (χ1v) is 10.7. The lowest BCUT2D eigenvalue weighted by Crippen LogP contribution is -2.48. The zero-order valence-corrected chi connectivity index (χ0v) is 18.0. The molecule has 5 rings (SSSR count). The Labute approximate surface area is 190 Å². The molecule has 0 unspecified atom stereocenters. The fourth-order valence-corrected chi connectivity index (χ4v) is 3.80. The minimum Gasteiger partial charge on any atom is -0.338 e. The molecule has 9 heteroatoms. The first kappa shape index (κ1) is 20.4. The summed E-state index contributed by atoms with van der Waals surface area (Å²) >= 11 is 5.93. The van der Waals surface area contributed by atoms with Crippen LogP contribution in [0.5, 0.6) is 0 Å². The summed E-state index contributed by atoms with van der Waals surface area (Å²) in [6.07, 6.45) is 3.40. The third-order valence-electron chi connectivity index (χ3n) is 5.44. The standard InChI is InChI=1S/C23H21ClN6O2/c24-19-8-6-17(7-9-19)22-26-21(32-27-22)16-28-10-12-29(13-11-28)23(31)18-14-25-30(15-18)20-4-2-1-3-5-20/h1-9,14-15H,10-13,16H2. The van der Waals surface area contributed by atoms with Crippen molar-refractivity contribution in [1.29, 1.82) is 0 Å². The van der Waals surface area contributed by atoms with Gasteiger partial charge in [0.05, 0.1) is 24.0 Å². The average molecular weight is 449 g/mol. The second kappa shape index (κ2) is 8.94. The number of carbonyl (C=O) groups excluding carboxylic acids is 1. The van der Waals surface area contributed by atoms with Crippen molar-refractivity contribution in [2.24, 2.45) is 0 Å². The maximum absolute atomic E-state index is 12.9. The summed E-state index contributed by atoms with van der Waals surface area (Å²) in [6.45, 7) is 3.28. The summed E-state index contributed by atoms with van der Waals surface area (Å²) in [5.41, 5.74) is 2.37. The number of para-hydroxylation sites is 1. The van der Waals surface area contributed by atoms with Gasteiger partial charge in [-0.2, -0.15) is 10.1 Å². The predicted molar refractivity (Wildman–Crippen MR) is 119 cm³/mol. The molecular formula is C23H21ClN6O2.